The summed E-state index contributed by atoms with van der Waals surface area (Å²) in [6.45, 7) is 3.55. The van der Waals surface area contributed by atoms with E-state index in [-0.39, 0.29) is 19.1 Å². The quantitative estimate of drug-likeness (QED) is 0.808. The van der Waals surface area contributed by atoms with Crippen LogP contribution in [0.4, 0.5) is 8.78 Å². The monoisotopic (exact) mass is 271 g/mol. The van der Waals surface area contributed by atoms with Gasteiger partial charge in [-0.3, -0.25) is 4.90 Å². The van der Waals surface area contributed by atoms with E-state index in [0.717, 1.165) is 0 Å². The molecule has 2 aromatic heterocycles. The second-order valence-electron chi connectivity index (χ2n) is 4.40. The molecule has 0 amide bonds. The third-order valence-electron chi connectivity index (χ3n) is 2.65. The van der Waals surface area contributed by atoms with E-state index >= 15 is 0 Å². The van der Waals surface area contributed by atoms with E-state index in [1.54, 1.807) is 17.0 Å². The van der Waals surface area contributed by atoms with Crippen LogP contribution < -0.4 is 0 Å². The van der Waals surface area contributed by atoms with Crippen molar-refractivity contribution in [2.75, 3.05) is 6.54 Å². The molecule has 104 valence electrons. The SMILES string of the molecule is CC(C)N(Cc1nc(-c2ccco2)no1)CC(F)F. The molecule has 2 heterocycles. The molecule has 0 saturated heterocycles. The van der Waals surface area contributed by atoms with Crippen molar-refractivity contribution in [3.63, 3.8) is 0 Å². The van der Waals surface area contributed by atoms with Gasteiger partial charge in [0.05, 0.1) is 19.4 Å². The van der Waals surface area contributed by atoms with Crippen molar-refractivity contribution >= 4 is 0 Å². The Morgan fingerprint density at radius 1 is 1.37 bits per heavy atom. The number of alkyl halides is 2. The summed E-state index contributed by atoms with van der Waals surface area (Å²) in [5, 5.41) is 3.76. The van der Waals surface area contributed by atoms with Crippen molar-refractivity contribution in [1.82, 2.24) is 15.0 Å². The number of hydrogen-bond acceptors (Lipinski definition) is 5. The number of furan rings is 1. The molecule has 0 fully saturated rings. The van der Waals surface area contributed by atoms with Gasteiger partial charge in [-0.25, -0.2) is 8.78 Å². The Bertz CT molecular complexity index is 497. The molecule has 0 bridgehead atoms. The molecule has 2 rings (SSSR count). The molecule has 19 heavy (non-hydrogen) atoms. The molecule has 0 aliphatic heterocycles. The van der Waals surface area contributed by atoms with Crippen LogP contribution in [0, 0.1) is 0 Å². The fourth-order valence-corrected chi connectivity index (χ4v) is 1.63. The largest absolute Gasteiger partial charge is 0.461 e. The van der Waals surface area contributed by atoms with Crippen molar-refractivity contribution in [2.45, 2.75) is 32.9 Å². The standard InChI is InChI=1S/C12H15F2N3O2/c1-8(2)17(6-10(13)14)7-11-15-12(16-19-11)9-4-3-5-18-9/h3-5,8,10H,6-7H2,1-2H3. The number of rotatable bonds is 6. The predicted molar refractivity (Wildman–Crippen MR) is 63.6 cm³/mol. The fourth-order valence-electron chi connectivity index (χ4n) is 1.63. The Morgan fingerprint density at radius 2 is 2.16 bits per heavy atom. The molecule has 0 saturated carbocycles. The first kappa shape index (κ1) is 13.7. The number of hydrogen-bond donors (Lipinski definition) is 0. The van der Waals surface area contributed by atoms with E-state index in [2.05, 4.69) is 10.1 Å². The van der Waals surface area contributed by atoms with Crippen LogP contribution in [0.2, 0.25) is 0 Å². The van der Waals surface area contributed by atoms with Crippen LogP contribution in [0.5, 0.6) is 0 Å². The van der Waals surface area contributed by atoms with E-state index < -0.39 is 6.43 Å². The minimum atomic E-state index is -2.39. The number of aromatic nitrogens is 2. The van der Waals surface area contributed by atoms with Crippen LogP contribution in [0.25, 0.3) is 11.6 Å². The summed E-state index contributed by atoms with van der Waals surface area (Å²) in [4.78, 5) is 5.70. The first-order valence-corrected chi connectivity index (χ1v) is 5.95. The van der Waals surface area contributed by atoms with Crippen LogP contribution >= 0.6 is 0 Å². The average molecular weight is 271 g/mol. The van der Waals surface area contributed by atoms with Crippen molar-refractivity contribution in [3.8, 4) is 11.6 Å². The summed E-state index contributed by atoms with van der Waals surface area (Å²) >= 11 is 0. The molecule has 0 aliphatic carbocycles. The molecule has 0 N–H and O–H groups in total. The maximum Gasteiger partial charge on any atom is 0.251 e. The number of nitrogens with zero attached hydrogens (tertiary/aromatic N) is 3. The van der Waals surface area contributed by atoms with Gasteiger partial charge in [0, 0.05) is 6.04 Å². The van der Waals surface area contributed by atoms with Crippen molar-refractivity contribution < 1.29 is 17.7 Å². The molecular weight excluding hydrogens is 256 g/mol. The van der Waals surface area contributed by atoms with E-state index in [4.69, 9.17) is 8.94 Å². The summed E-state index contributed by atoms with van der Waals surface area (Å²) in [6.07, 6.45) is -0.891. The van der Waals surface area contributed by atoms with Crippen molar-refractivity contribution in [2.24, 2.45) is 0 Å². The fraction of sp³-hybridized carbons (Fsp3) is 0.500. The van der Waals surface area contributed by atoms with Gasteiger partial charge in [0.25, 0.3) is 6.43 Å². The highest BCUT2D eigenvalue weighted by Gasteiger charge is 2.19. The summed E-state index contributed by atoms with van der Waals surface area (Å²) in [7, 11) is 0. The van der Waals surface area contributed by atoms with Gasteiger partial charge in [0.1, 0.15) is 0 Å². The van der Waals surface area contributed by atoms with Gasteiger partial charge in [-0.2, -0.15) is 4.98 Å². The Balaban J connectivity index is 2.06. The molecule has 2 aromatic rings. The zero-order valence-electron chi connectivity index (χ0n) is 10.7. The molecule has 0 radical (unpaired) electrons. The van der Waals surface area contributed by atoms with Crippen LogP contribution in [0.15, 0.2) is 27.3 Å². The molecule has 0 aliphatic rings. The lowest BCUT2D eigenvalue weighted by molar-refractivity contribution is 0.0629. The molecule has 0 aromatic carbocycles. The van der Waals surface area contributed by atoms with Gasteiger partial charge in [-0.1, -0.05) is 5.16 Å². The lowest BCUT2D eigenvalue weighted by atomic mass is 10.3. The smallest absolute Gasteiger partial charge is 0.251 e. The normalized spacial score (nSPS) is 11.9. The van der Waals surface area contributed by atoms with Crippen LogP contribution in [0.3, 0.4) is 0 Å². The van der Waals surface area contributed by atoms with E-state index in [9.17, 15) is 8.78 Å². The Kier molecular flexibility index (Phi) is 4.26. The second-order valence-corrected chi connectivity index (χ2v) is 4.40. The van der Waals surface area contributed by atoms with Gasteiger partial charge in [0.2, 0.25) is 11.7 Å². The second kappa shape index (κ2) is 5.92. The highest BCUT2D eigenvalue weighted by Crippen LogP contribution is 2.17. The topological polar surface area (TPSA) is 55.3 Å². The number of halogens is 2. The minimum Gasteiger partial charge on any atom is -0.461 e. The molecular formula is C12H15F2N3O2. The van der Waals surface area contributed by atoms with E-state index in [0.29, 0.717) is 17.5 Å². The van der Waals surface area contributed by atoms with Crippen molar-refractivity contribution in [3.05, 3.63) is 24.3 Å². The minimum absolute atomic E-state index is 0.0343. The Morgan fingerprint density at radius 3 is 2.74 bits per heavy atom. The third kappa shape index (κ3) is 3.60. The Labute approximate surface area is 109 Å². The maximum absolute atomic E-state index is 12.5. The maximum atomic E-state index is 12.5. The highest BCUT2D eigenvalue weighted by atomic mass is 19.3. The zero-order valence-corrected chi connectivity index (χ0v) is 10.7. The summed E-state index contributed by atoms with van der Waals surface area (Å²) in [5.74, 6) is 1.10. The van der Waals surface area contributed by atoms with Gasteiger partial charge in [-0.15, -0.1) is 0 Å². The van der Waals surface area contributed by atoms with Crippen LogP contribution in [-0.2, 0) is 6.54 Å². The Hall–Kier alpha value is -1.76. The summed E-state index contributed by atoms with van der Waals surface area (Å²) < 4.78 is 35.1. The lowest BCUT2D eigenvalue weighted by Gasteiger charge is -2.23. The van der Waals surface area contributed by atoms with E-state index in [1.807, 2.05) is 13.8 Å². The molecule has 7 heteroatoms. The van der Waals surface area contributed by atoms with Gasteiger partial charge in [-0.05, 0) is 26.0 Å². The molecule has 5 nitrogen and oxygen atoms in total. The summed E-state index contributed by atoms with van der Waals surface area (Å²) in [5.41, 5.74) is 0. The first-order chi connectivity index (χ1) is 9.06. The summed E-state index contributed by atoms with van der Waals surface area (Å²) in [6, 6.07) is 3.38. The lowest BCUT2D eigenvalue weighted by Crippen LogP contribution is -2.34. The van der Waals surface area contributed by atoms with Crippen LogP contribution in [-0.4, -0.2) is 34.1 Å². The van der Waals surface area contributed by atoms with Gasteiger partial charge >= 0.3 is 0 Å². The van der Waals surface area contributed by atoms with Gasteiger partial charge in [0.15, 0.2) is 5.76 Å². The third-order valence-corrected chi connectivity index (χ3v) is 2.65. The molecule has 0 spiro atoms. The average Bonchev–Trinajstić information content (AvgIpc) is 2.97. The van der Waals surface area contributed by atoms with E-state index in [1.165, 1.54) is 6.26 Å². The van der Waals surface area contributed by atoms with Crippen LogP contribution in [0.1, 0.15) is 19.7 Å². The van der Waals surface area contributed by atoms with Gasteiger partial charge < -0.3 is 8.94 Å². The van der Waals surface area contributed by atoms with Crippen molar-refractivity contribution in [1.29, 1.82) is 0 Å². The molecule has 0 unspecified atom stereocenters. The first-order valence-electron chi connectivity index (χ1n) is 5.95. The highest BCUT2D eigenvalue weighted by molar-refractivity contribution is 5.44. The predicted octanol–water partition coefficient (Wildman–Crippen LogP) is 2.81. The zero-order chi connectivity index (χ0) is 13.8. The molecule has 0 atom stereocenters.